The Morgan fingerprint density at radius 2 is 1.91 bits per heavy atom. The first kappa shape index (κ1) is 22.7. The quantitative estimate of drug-likeness (QED) is 0.226. The molecule has 2 aromatic carbocycles. The number of nitrogens with zero attached hydrogens (tertiary/aromatic N) is 3. The van der Waals surface area contributed by atoms with E-state index in [4.69, 9.17) is 9.47 Å². The van der Waals surface area contributed by atoms with Crippen LogP contribution in [0.1, 0.15) is 21.8 Å². The second-order valence-corrected chi connectivity index (χ2v) is 8.51. The van der Waals surface area contributed by atoms with Gasteiger partial charge in [0.15, 0.2) is 5.82 Å². The summed E-state index contributed by atoms with van der Waals surface area (Å²) >= 11 is 1.37. The Balaban J connectivity index is 1.72. The van der Waals surface area contributed by atoms with E-state index in [1.54, 1.807) is 30.3 Å². The van der Waals surface area contributed by atoms with E-state index in [1.165, 1.54) is 36.7 Å². The molecule has 0 amide bonds. The maximum Gasteiger partial charge on any atom is 0.312 e. The molecule has 4 rings (SSSR count). The Labute approximate surface area is 197 Å². The molecule has 34 heavy (non-hydrogen) atoms. The molecule has 0 atom stereocenters. The number of nitriles is 1. The van der Waals surface area contributed by atoms with Gasteiger partial charge in [0.05, 0.1) is 23.0 Å². The number of hydrogen-bond acceptors (Lipinski definition) is 8. The number of ether oxygens (including phenoxy) is 2. The van der Waals surface area contributed by atoms with Crippen molar-refractivity contribution in [2.24, 2.45) is 0 Å². The summed E-state index contributed by atoms with van der Waals surface area (Å²) in [6.07, 6.45) is 1.43. The van der Waals surface area contributed by atoms with Crippen LogP contribution in [-0.2, 0) is 0 Å². The smallest absolute Gasteiger partial charge is 0.312 e. The lowest BCUT2D eigenvalue weighted by molar-refractivity contribution is -0.385. The van der Waals surface area contributed by atoms with Crippen LogP contribution >= 0.6 is 11.3 Å². The predicted molar refractivity (Wildman–Crippen MR) is 129 cm³/mol. The zero-order valence-electron chi connectivity index (χ0n) is 18.4. The molecule has 0 bridgehead atoms. The van der Waals surface area contributed by atoms with Crippen LogP contribution in [0, 0.1) is 35.3 Å². The van der Waals surface area contributed by atoms with E-state index in [-0.39, 0.29) is 28.4 Å². The Bertz CT molecular complexity index is 1540. The Morgan fingerprint density at radius 1 is 1.21 bits per heavy atom. The number of nitro benzene ring substituents is 1. The summed E-state index contributed by atoms with van der Waals surface area (Å²) in [5.41, 5.74) is 0.693. The highest BCUT2D eigenvalue weighted by molar-refractivity contribution is 7.18. The van der Waals surface area contributed by atoms with Gasteiger partial charge in [-0.25, -0.2) is 4.98 Å². The number of allylic oxidation sites excluding steroid dienone is 1. The van der Waals surface area contributed by atoms with Crippen LogP contribution in [0.5, 0.6) is 17.2 Å². The average Bonchev–Trinajstić information content (AvgIpc) is 3.12. The normalized spacial score (nSPS) is 11.3. The SMILES string of the molecule is COc1ccc(Oc2ccc(C=C(C#N)c3nc4sc(C)c(C)c4c(=O)[nH]3)cc2[N+](=O)[O-])cc1. The van der Waals surface area contributed by atoms with Crippen molar-refractivity contribution in [2.45, 2.75) is 13.8 Å². The first-order valence-corrected chi connectivity index (χ1v) is 10.8. The summed E-state index contributed by atoms with van der Waals surface area (Å²) in [6, 6.07) is 13.0. The van der Waals surface area contributed by atoms with Crippen LogP contribution in [0.25, 0.3) is 21.9 Å². The summed E-state index contributed by atoms with van der Waals surface area (Å²) in [5.74, 6) is 1.18. The molecule has 170 valence electrons. The maximum atomic E-state index is 12.6. The van der Waals surface area contributed by atoms with Crippen molar-refractivity contribution in [2.75, 3.05) is 7.11 Å². The number of aryl methyl sites for hydroxylation is 2. The summed E-state index contributed by atoms with van der Waals surface area (Å²) in [5, 5.41) is 21.9. The number of methoxy groups -OCH3 is 1. The Hall–Kier alpha value is -4.49. The predicted octanol–water partition coefficient (Wildman–Crippen LogP) is 5.37. The zero-order chi connectivity index (χ0) is 24.4. The minimum atomic E-state index is -0.564. The van der Waals surface area contributed by atoms with Gasteiger partial charge in [0.2, 0.25) is 5.75 Å². The molecule has 2 heterocycles. The highest BCUT2D eigenvalue weighted by atomic mass is 32.1. The third-order valence-electron chi connectivity index (χ3n) is 5.19. The van der Waals surface area contributed by atoms with Gasteiger partial charge in [-0.15, -0.1) is 11.3 Å². The molecule has 0 saturated carbocycles. The fraction of sp³-hybridized carbons (Fsp3) is 0.125. The number of H-pyrrole nitrogens is 1. The molecule has 2 aromatic heterocycles. The maximum absolute atomic E-state index is 12.6. The number of aromatic amines is 1. The Kier molecular flexibility index (Phi) is 6.12. The zero-order valence-corrected chi connectivity index (χ0v) is 19.2. The van der Waals surface area contributed by atoms with Gasteiger partial charge >= 0.3 is 5.69 Å². The number of nitro groups is 1. The van der Waals surface area contributed by atoms with Crippen molar-refractivity contribution in [1.82, 2.24) is 9.97 Å². The first-order valence-electron chi connectivity index (χ1n) is 10.0. The second kappa shape index (κ2) is 9.17. The number of thiophene rings is 1. The van der Waals surface area contributed by atoms with Gasteiger partial charge in [-0.05, 0) is 61.4 Å². The fourth-order valence-corrected chi connectivity index (χ4v) is 4.36. The van der Waals surface area contributed by atoms with Crippen molar-refractivity contribution in [3.8, 4) is 23.3 Å². The molecule has 10 heteroatoms. The van der Waals surface area contributed by atoms with Gasteiger partial charge < -0.3 is 14.5 Å². The molecule has 9 nitrogen and oxygen atoms in total. The third kappa shape index (κ3) is 4.37. The van der Waals surface area contributed by atoms with E-state index < -0.39 is 4.92 Å². The third-order valence-corrected chi connectivity index (χ3v) is 6.29. The molecule has 0 saturated heterocycles. The van der Waals surface area contributed by atoms with Crippen molar-refractivity contribution in [3.05, 3.63) is 84.8 Å². The van der Waals surface area contributed by atoms with Crippen LogP contribution in [0.4, 0.5) is 5.69 Å². The van der Waals surface area contributed by atoms with Gasteiger partial charge in [-0.1, -0.05) is 6.07 Å². The van der Waals surface area contributed by atoms with Crippen LogP contribution in [0.3, 0.4) is 0 Å². The van der Waals surface area contributed by atoms with E-state index in [9.17, 15) is 20.2 Å². The van der Waals surface area contributed by atoms with E-state index >= 15 is 0 Å². The summed E-state index contributed by atoms with van der Waals surface area (Å²) in [7, 11) is 1.54. The van der Waals surface area contributed by atoms with E-state index in [0.29, 0.717) is 27.3 Å². The lowest BCUT2D eigenvalue weighted by Crippen LogP contribution is -2.10. The lowest BCUT2D eigenvalue weighted by Gasteiger charge is -2.08. The van der Waals surface area contributed by atoms with Gasteiger partial charge in [0.25, 0.3) is 5.56 Å². The molecule has 0 aliphatic carbocycles. The average molecular weight is 474 g/mol. The van der Waals surface area contributed by atoms with Gasteiger partial charge in [0.1, 0.15) is 22.4 Å². The van der Waals surface area contributed by atoms with Crippen molar-refractivity contribution < 1.29 is 14.4 Å². The minimum Gasteiger partial charge on any atom is -0.497 e. The van der Waals surface area contributed by atoms with Crippen molar-refractivity contribution in [3.63, 3.8) is 0 Å². The molecule has 0 unspecified atom stereocenters. The minimum absolute atomic E-state index is 0.0447. The number of hydrogen-bond donors (Lipinski definition) is 1. The molecule has 1 N–H and O–H groups in total. The Morgan fingerprint density at radius 3 is 2.56 bits per heavy atom. The number of rotatable bonds is 6. The van der Waals surface area contributed by atoms with Crippen LogP contribution in [0.15, 0.2) is 47.3 Å². The van der Waals surface area contributed by atoms with Gasteiger partial charge in [0, 0.05) is 10.9 Å². The molecule has 0 radical (unpaired) electrons. The van der Waals surface area contributed by atoms with Crippen molar-refractivity contribution in [1.29, 1.82) is 5.26 Å². The molecule has 0 aliphatic heterocycles. The van der Waals surface area contributed by atoms with Crippen molar-refractivity contribution >= 4 is 38.9 Å². The van der Waals surface area contributed by atoms with Gasteiger partial charge in [-0.3, -0.25) is 14.9 Å². The summed E-state index contributed by atoms with van der Waals surface area (Å²) in [4.78, 5) is 32.3. The van der Waals surface area contributed by atoms with Crippen LogP contribution < -0.4 is 15.0 Å². The number of benzene rings is 2. The molecule has 4 aromatic rings. The number of aromatic nitrogens is 2. The summed E-state index contributed by atoms with van der Waals surface area (Å²) < 4.78 is 10.8. The molecular weight excluding hydrogens is 456 g/mol. The molecule has 0 fully saturated rings. The first-order chi connectivity index (χ1) is 16.3. The topological polar surface area (TPSA) is 131 Å². The highest BCUT2D eigenvalue weighted by Gasteiger charge is 2.18. The van der Waals surface area contributed by atoms with Crippen LogP contribution in [-0.4, -0.2) is 22.0 Å². The van der Waals surface area contributed by atoms with E-state index in [0.717, 1.165) is 10.4 Å². The monoisotopic (exact) mass is 474 g/mol. The largest absolute Gasteiger partial charge is 0.497 e. The number of nitrogens with one attached hydrogen (secondary N) is 1. The van der Waals surface area contributed by atoms with E-state index in [2.05, 4.69) is 9.97 Å². The highest BCUT2D eigenvalue weighted by Crippen LogP contribution is 2.34. The molecule has 0 spiro atoms. The fourth-order valence-electron chi connectivity index (χ4n) is 3.33. The van der Waals surface area contributed by atoms with E-state index in [1.807, 2.05) is 19.9 Å². The lowest BCUT2D eigenvalue weighted by atomic mass is 10.1. The number of fused-ring (bicyclic) bond motifs is 1. The second-order valence-electron chi connectivity index (χ2n) is 7.31. The standard InChI is InChI=1S/C24H18N4O5S/c1-13-14(2)34-24-21(13)23(29)26-22(27-24)16(12-25)10-15-4-9-20(19(11-15)28(30)31)33-18-7-5-17(32-3)6-8-18/h4-11H,1-3H3,(H,26,27,29). The van der Waals surface area contributed by atoms with Gasteiger partial charge in [-0.2, -0.15) is 5.26 Å². The summed E-state index contributed by atoms with van der Waals surface area (Å²) in [6.45, 7) is 3.75. The molecule has 0 aliphatic rings. The van der Waals surface area contributed by atoms with Crippen LogP contribution in [0.2, 0.25) is 0 Å². The molecular formula is C24H18N4O5S.